The largest absolute Gasteiger partial charge is 0.352 e. The van der Waals surface area contributed by atoms with Crippen LogP contribution in [0, 0.1) is 13.8 Å². The Labute approximate surface area is 156 Å². The number of hydrogen-bond donors (Lipinski definition) is 2. The number of amides is 2. The lowest BCUT2D eigenvalue weighted by molar-refractivity contribution is -0.121. The normalized spacial score (nSPS) is 10.4. The fourth-order valence-electron chi connectivity index (χ4n) is 2.87. The second-order valence-electron chi connectivity index (χ2n) is 6.71. The maximum Gasteiger partial charge on any atom is 0.224 e. The van der Waals surface area contributed by atoms with Gasteiger partial charge in [0.15, 0.2) is 0 Å². The first kappa shape index (κ1) is 19.7. The van der Waals surface area contributed by atoms with Gasteiger partial charge in [0.1, 0.15) is 0 Å². The molecule has 4 heteroatoms. The number of anilines is 1. The standard InChI is InChI=1S/C22H28N2O2/c1-4-6-22(26)24-20-8-5-7-18(14-20)15-23-21(25)12-11-19-10-9-16(2)13-17(19)3/h5,7-10,13-14H,4,6,11-12,15H2,1-3H3,(H,23,25)(H,24,26). The molecule has 2 N–H and O–H groups in total. The monoisotopic (exact) mass is 352 g/mol. The molecule has 0 spiro atoms. The summed E-state index contributed by atoms with van der Waals surface area (Å²) in [5.74, 6) is 0.0487. The molecule has 0 unspecified atom stereocenters. The molecule has 0 saturated heterocycles. The molecule has 26 heavy (non-hydrogen) atoms. The maximum absolute atomic E-state index is 12.1. The predicted molar refractivity (Wildman–Crippen MR) is 106 cm³/mol. The molecule has 0 atom stereocenters. The first-order valence-corrected chi connectivity index (χ1v) is 9.19. The zero-order valence-electron chi connectivity index (χ0n) is 15.9. The van der Waals surface area contributed by atoms with Gasteiger partial charge >= 0.3 is 0 Å². The summed E-state index contributed by atoms with van der Waals surface area (Å²) in [7, 11) is 0. The Morgan fingerprint density at radius 1 is 0.962 bits per heavy atom. The van der Waals surface area contributed by atoms with E-state index in [-0.39, 0.29) is 11.8 Å². The Morgan fingerprint density at radius 3 is 2.50 bits per heavy atom. The van der Waals surface area contributed by atoms with Crippen LogP contribution in [0.2, 0.25) is 0 Å². The minimum absolute atomic E-state index is 0.0159. The van der Waals surface area contributed by atoms with E-state index in [1.807, 2.05) is 31.2 Å². The van der Waals surface area contributed by atoms with Crippen molar-refractivity contribution in [2.45, 2.75) is 53.0 Å². The Kier molecular flexibility index (Phi) is 7.39. The van der Waals surface area contributed by atoms with Crippen LogP contribution < -0.4 is 10.6 Å². The van der Waals surface area contributed by atoms with E-state index >= 15 is 0 Å². The van der Waals surface area contributed by atoms with Crippen molar-refractivity contribution in [2.75, 3.05) is 5.32 Å². The molecule has 0 aliphatic carbocycles. The van der Waals surface area contributed by atoms with Crippen molar-refractivity contribution < 1.29 is 9.59 Å². The SMILES string of the molecule is CCCC(=O)Nc1cccc(CNC(=O)CCc2ccc(C)cc2C)c1. The van der Waals surface area contributed by atoms with E-state index in [4.69, 9.17) is 0 Å². The minimum atomic E-state index is 0.0159. The summed E-state index contributed by atoms with van der Waals surface area (Å²) in [6.07, 6.45) is 2.54. The Morgan fingerprint density at radius 2 is 1.77 bits per heavy atom. The summed E-state index contributed by atoms with van der Waals surface area (Å²) in [4.78, 5) is 23.8. The number of nitrogens with one attached hydrogen (secondary N) is 2. The number of rotatable bonds is 8. The minimum Gasteiger partial charge on any atom is -0.352 e. The van der Waals surface area contributed by atoms with Gasteiger partial charge < -0.3 is 10.6 Å². The van der Waals surface area contributed by atoms with Crippen LogP contribution in [0.3, 0.4) is 0 Å². The van der Waals surface area contributed by atoms with Crippen molar-refractivity contribution in [3.8, 4) is 0 Å². The fraction of sp³-hybridized carbons (Fsp3) is 0.364. The van der Waals surface area contributed by atoms with Gasteiger partial charge in [-0.25, -0.2) is 0 Å². The molecule has 0 radical (unpaired) electrons. The number of hydrogen-bond acceptors (Lipinski definition) is 2. The molecule has 0 aromatic heterocycles. The molecule has 0 aliphatic rings. The van der Waals surface area contributed by atoms with Crippen molar-refractivity contribution in [2.24, 2.45) is 0 Å². The predicted octanol–water partition coefficient (Wildman–Crippen LogP) is 4.29. The van der Waals surface area contributed by atoms with E-state index in [0.29, 0.717) is 19.4 Å². The third-order valence-electron chi connectivity index (χ3n) is 4.30. The Bertz CT molecular complexity index is 768. The van der Waals surface area contributed by atoms with Crippen molar-refractivity contribution >= 4 is 17.5 Å². The summed E-state index contributed by atoms with van der Waals surface area (Å²) in [5.41, 5.74) is 5.42. The van der Waals surface area contributed by atoms with E-state index in [1.165, 1.54) is 16.7 Å². The summed E-state index contributed by atoms with van der Waals surface area (Å²) >= 11 is 0. The van der Waals surface area contributed by atoms with Gasteiger partial charge in [-0.3, -0.25) is 9.59 Å². The summed E-state index contributed by atoms with van der Waals surface area (Å²) in [6.45, 7) is 6.59. The number of aryl methyl sites for hydroxylation is 3. The van der Waals surface area contributed by atoms with Gasteiger partial charge in [-0.1, -0.05) is 42.8 Å². The molecule has 0 bridgehead atoms. The second-order valence-corrected chi connectivity index (χ2v) is 6.71. The molecule has 2 rings (SSSR count). The quantitative estimate of drug-likeness (QED) is 0.744. The van der Waals surface area contributed by atoms with Crippen molar-refractivity contribution in [1.29, 1.82) is 0 Å². The lowest BCUT2D eigenvalue weighted by Gasteiger charge is -2.10. The first-order valence-electron chi connectivity index (χ1n) is 9.19. The molecule has 2 aromatic rings. The van der Waals surface area contributed by atoms with Gasteiger partial charge in [-0.2, -0.15) is 0 Å². The lowest BCUT2D eigenvalue weighted by atomic mass is 10.0. The molecular weight excluding hydrogens is 324 g/mol. The van der Waals surface area contributed by atoms with Crippen LogP contribution in [-0.2, 0) is 22.6 Å². The average Bonchev–Trinajstić information content (AvgIpc) is 2.59. The van der Waals surface area contributed by atoms with Gasteiger partial charge in [0.25, 0.3) is 0 Å². The van der Waals surface area contributed by atoms with Crippen LogP contribution in [0.1, 0.15) is 48.4 Å². The number of benzene rings is 2. The van der Waals surface area contributed by atoms with E-state index in [2.05, 4.69) is 42.7 Å². The molecule has 0 aliphatic heterocycles. The number of carbonyl (C=O) groups is 2. The zero-order valence-corrected chi connectivity index (χ0v) is 15.9. The van der Waals surface area contributed by atoms with Crippen LogP contribution in [-0.4, -0.2) is 11.8 Å². The highest BCUT2D eigenvalue weighted by Crippen LogP contribution is 2.13. The van der Waals surface area contributed by atoms with E-state index < -0.39 is 0 Å². The third kappa shape index (κ3) is 6.36. The lowest BCUT2D eigenvalue weighted by Crippen LogP contribution is -2.23. The van der Waals surface area contributed by atoms with E-state index in [1.54, 1.807) is 0 Å². The van der Waals surface area contributed by atoms with Crippen LogP contribution in [0.4, 0.5) is 5.69 Å². The number of carbonyl (C=O) groups excluding carboxylic acids is 2. The smallest absolute Gasteiger partial charge is 0.224 e. The van der Waals surface area contributed by atoms with Gasteiger partial charge in [0.05, 0.1) is 0 Å². The first-order chi connectivity index (χ1) is 12.5. The van der Waals surface area contributed by atoms with Gasteiger partial charge in [0, 0.05) is 25.1 Å². The second kappa shape index (κ2) is 9.76. The van der Waals surface area contributed by atoms with Crippen molar-refractivity contribution in [1.82, 2.24) is 5.32 Å². The van der Waals surface area contributed by atoms with Crippen molar-refractivity contribution in [3.63, 3.8) is 0 Å². The summed E-state index contributed by atoms with van der Waals surface area (Å²) in [6, 6.07) is 13.9. The molecular formula is C22H28N2O2. The summed E-state index contributed by atoms with van der Waals surface area (Å²) < 4.78 is 0. The van der Waals surface area contributed by atoms with E-state index in [0.717, 1.165) is 24.1 Å². The molecule has 2 aromatic carbocycles. The highest BCUT2D eigenvalue weighted by molar-refractivity contribution is 5.90. The molecule has 2 amide bonds. The van der Waals surface area contributed by atoms with Gasteiger partial charge in [0.2, 0.25) is 11.8 Å². The molecule has 0 saturated carbocycles. The molecule has 4 nitrogen and oxygen atoms in total. The highest BCUT2D eigenvalue weighted by atomic mass is 16.2. The topological polar surface area (TPSA) is 58.2 Å². The molecule has 138 valence electrons. The van der Waals surface area contributed by atoms with Crippen molar-refractivity contribution in [3.05, 3.63) is 64.7 Å². The van der Waals surface area contributed by atoms with E-state index in [9.17, 15) is 9.59 Å². The average molecular weight is 352 g/mol. The molecule has 0 heterocycles. The third-order valence-corrected chi connectivity index (χ3v) is 4.30. The van der Waals surface area contributed by atoms with Crippen LogP contribution >= 0.6 is 0 Å². The molecule has 0 fully saturated rings. The zero-order chi connectivity index (χ0) is 18.9. The fourth-order valence-corrected chi connectivity index (χ4v) is 2.87. The van der Waals surface area contributed by atoms with Gasteiger partial charge in [-0.05, 0) is 55.5 Å². The Hall–Kier alpha value is -2.62. The summed E-state index contributed by atoms with van der Waals surface area (Å²) in [5, 5.41) is 5.83. The highest BCUT2D eigenvalue weighted by Gasteiger charge is 2.06. The van der Waals surface area contributed by atoms with Gasteiger partial charge in [-0.15, -0.1) is 0 Å². The van der Waals surface area contributed by atoms with Crippen LogP contribution in [0.5, 0.6) is 0 Å². The maximum atomic E-state index is 12.1. The van der Waals surface area contributed by atoms with Crippen LogP contribution in [0.15, 0.2) is 42.5 Å². The Balaban J connectivity index is 1.82. The van der Waals surface area contributed by atoms with Crippen LogP contribution in [0.25, 0.3) is 0 Å².